The predicted molar refractivity (Wildman–Crippen MR) is 67.2 cm³/mol. The van der Waals surface area contributed by atoms with Crippen LogP contribution < -0.4 is 0 Å². The average molecular weight is 282 g/mol. The Morgan fingerprint density at radius 3 is 2.74 bits per heavy atom. The number of hydrogen-bond acceptors (Lipinski definition) is 5. The van der Waals surface area contributed by atoms with Gasteiger partial charge in [0, 0.05) is 11.1 Å². The van der Waals surface area contributed by atoms with Crippen LogP contribution in [0.1, 0.15) is 10.6 Å². The highest BCUT2D eigenvalue weighted by Gasteiger charge is 2.20. The van der Waals surface area contributed by atoms with E-state index in [-0.39, 0.29) is 27.8 Å². The van der Waals surface area contributed by atoms with Crippen molar-refractivity contribution in [2.24, 2.45) is 0 Å². The molecule has 0 aliphatic heterocycles. The minimum absolute atomic E-state index is 0.0539. The number of Topliss-reactive ketones (excluding diaryl/α,β-unsaturated/α-hetero) is 1. The molecular formula is C12H8ClNO5. The lowest BCUT2D eigenvalue weighted by Crippen LogP contribution is -2.01. The molecule has 6 nitrogen and oxygen atoms in total. The number of carbonyl (C=O) groups excluding carboxylic acids is 1. The molecule has 0 saturated carbocycles. The fourth-order valence-corrected chi connectivity index (χ4v) is 1.74. The number of rotatable bonds is 4. The van der Waals surface area contributed by atoms with Gasteiger partial charge in [0.15, 0.2) is 5.76 Å². The lowest BCUT2D eigenvalue weighted by atomic mass is 10.1. The van der Waals surface area contributed by atoms with Crippen LogP contribution in [0.4, 0.5) is 5.69 Å². The molecule has 1 aromatic heterocycles. The molecule has 0 atom stereocenters. The SMILES string of the molecule is O=C(CO)c1ccc(-c2ccc(Cl)cc2[N+](=O)[O-])o1. The quantitative estimate of drug-likeness (QED) is 0.528. The number of nitro benzene ring substituents is 1. The Balaban J connectivity index is 2.50. The molecule has 7 heteroatoms. The maximum atomic E-state index is 11.2. The van der Waals surface area contributed by atoms with Crippen LogP contribution in [0.2, 0.25) is 5.02 Å². The van der Waals surface area contributed by atoms with Crippen LogP contribution in [0.25, 0.3) is 11.3 Å². The summed E-state index contributed by atoms with van der Waals surface area (Å²) in [5, 5.41) is 19.9. The zero-order valence-corrected chi connectivity index (χ0v) is 10.3. The Morgan fingerprint density at radius 2 is 2.11 bits per heavy atom. The van der Waals surface area contributed by atoms with Crippen LogP contribution in [0, 0.1) is 10.1 Å². The lowest BCUT2D eigenvalue weighted by molar-refractivity contribution is -0.384. The zero-order chi connectivity index (χ0) is 14.0. The highest BCUT2D eigenvalue weighted by atomic mass is 35.5. The van der Waals surface area contributed by atoms with E-state index in [0.717, 1.165) is 0 Å². The van der Waals surface area contributed by atoms with Gasteiger partial charge in [0.25, 0.3) is 5.69 Å². The van der Waals surface area contributed by atoms with Crippen LogP contribution in [0.15, 0.2) is 34.7 Å². The van der Waals surface area contributed by atoms with Gasteiger partial charge in [-0.05, 0) is 24.3 Å². The first kappa shape index (κ1) is 13.3. The second-order valence-corrected chi connectivity index (χ2v) is 4.10. The van der Waals surface area contributed by atoms with E-state index in [1.807, 2.05) is 0 Å². The molecule has 0 bridgehead atoms. The van der Waals surface area contributed by atoms with Gasteiger partial charge in [0.05, 0.1) is 10.5 Å². The first-order valence-corrected chi connectivity index (χ1v) is 5.59. The van der Waals surface area contributed by atoms with Gasteiger partial charge in [-0.1, -0.05) is 11.6 Å². The fourth-order valence-electron chi connectivity index (χ4n) is 1.57. The van der Waals surface area contributed by atoms with E-state index in [1.54, 1.807) is 0 Å². The van der Waals surface area contributed by atoms with Gasteiger partial charge in [-0.15, -0.1) is 0 Å². The number of nitro groups is 1. The van der Waals surface area contributed by atoms with Gasteiger partial charge in [-0.25, -0.2) is 0 Å². The number of nitrogens with zero attached hydrogens (tertiary/aromatic N) is 1. The van der Waals surface area contributed by atoms with E-state index in [9.17, 15) is 14.9 Å². The smallest absolute Gasteiger partial charge is 0.281 e. The summed E-state index contributed by atoms with van der Waals surface area (Å²) in [6, 6.07) is 6.91. The highest BCUT2D eigenvalue weighted by molar-refractivity contribution is 6.30. The van der Waals surface area contributed by atoms with Crippen molar-refractivity contribution in [2.45, 2.75) is 0 Å². The number of halogens is 1. The van der Waals surface area contributed by atoms with E-state index < -0.39 is 17.3 Å². The summed E-state index contributed by atoms with van der Waals surface area (Å²) >= 11 is 5.70. The van der Waals surface area contributed by atoms with Crippen LogP contribution in [0.3, 0.4) is 0 Å². The summed E-state index contributed by atoms with van der Waals surface area (Å²) < 4.78 is 5.20. The van der Waals surface area contributed by atoms with Gasteiger partial charge >= 0.3 is 0 Å². The molecule has 1 N–H and O–H groups in total. The van der Waals surface area contributed by atoms with Gasteiger partial charge in [-0.3, -0.25) is 14.9 Å². The third-order valence-electron chi connectivity index (χ3n) is 2.45. The topological polar surface area (TPSA) is 93.6 Å². The van der Waals surface area contributed by atoms with Gasteiger partial charge in [-0.2, -0.15) is 0 Å². The molecular weight excluding hydrogens is 274 g/mol. The molecule has 2 rings (SSSR count). The first-order chi connectivity index (χ1) is 9.02. The Labute approximate surface area is 112 Å². The normalized spacial score (nSPS) is 10.4. The summed E-state index contributed by atoms with van der Waals surface area (Å²) in [6.45, 7) is -0.685. The highest BCUT2D eigenvalue weighted by Crippen LogP contribution is 2.33. The number of hydrogen-bond donors (Lipinski definition) is 1. The van der Waals surface area contributed by atoms with E-state index in [2.05, 4.69) is 0 Å². The third-order valence-corrected chi connectivity index (χ3v) is 2.68. The van der Waals surface area contributed by atoms with Crippen LogP contribution in [-0.2, 0) is 0 Å². The van der Waals surface area contributed by atoms with Crippen molar-refractivity contribution in [2.75, 3.05) is 6.61 Å². The summed E-state index contributed by atoms with van der Waals surface area (Å²) in [5.41, 5.74) is -0.00348. The maximum absolute atomic E-state index is 11.2. The molecule has 2 aromatic rings. The average Bonchev–Trinajstić information content (AvgIpc) is 2.87. The van der Waals surface area contributed by atoms with Crippen molar-refractivity contribution < 1.29 is 19.2 Å². The summed E-state index contributed by atoms with van der Waals surface area (Å²) in [5.74, 6) is -0.482. The third kappa shape index (κ3) is 2.64. The summed E-state index contributed by atoms with van der Waals surface area (Å²) in [6.07, 6.45) is 0. The molecule has 0 fully saturated rings. The zero-order valence-electron chi connectivity index (χ0n) is 9.50. The molecule has 0 saturated heterocycles. The summed E-state index contributed by atoms with van der Waals surface area (Å²) in [7, 11) is 0. The lowest BCUT2D eigenvalue weighted by Gasteiger charge is -2.00. The van der Waals surface area contributed by atoms with Crippen molar-refractivity contribution in [1.82, 2.24) is 0 Å². The second-order valence-electron chi connectivity index (χ2n) is 3.66. The Hall–Kier alpha value is -2.18. The predicted octanol–water partition coefficient (Wildman–Crippen LogP) is 2.68. The van der Waals surface area contributed by atoms with Gasteiger partial charge in [0.1, 0.15) is 12.4 Å². The second kappa shape index (κ2) is 5.21. The van der Waals surface area contributed by atoms with Crippen molar-refractivity contribution in [1.29, 1.82) is 0 Å². The molecule has 19 heavy (non-hydrogen) atoms. The van der Waals surface area contributed by atoms with Gasteiger partial charge in [0.2, 0.25) is 5.78 Å². The number of carbonyl (C=O) groups is 1. The monoisotopic (exact) mass is 281 g/mol. The largest absolute Gasteiger partial charge is 0.453 e. The van der Waals surface area contributed by atoms with E-state index in [0.29, 0.717) is 0 Å². The van der Waals surface area contributed by atoms with E-state index in [4.69, 9.17) is 21.1 Å². The Kier molecular flexibility index (Phi) is 3.64. The number of aliphatic hydroxyl groups is 1. The molecule has 0 aliphatic carbocycles. The minimum atomic E-state index is -0.685. The maximum Gasteiger partial charge on any atom is 0.281 e. The van der Waals surface area contributed by atoms with Crippen molar-refractivity contribution in [3.8, 4) is 11.3 Å². The Bertz CT molecular complexity index is 649. The van der Waals surface area contributed by atoms with Gasteiger partial charge < -0.3 is 9.52 Å². The van der Waals surface area contributed by atoms with Crippen molar-refractivity contribution in [3.05, 3.63) is 51.2 Å². The summed E-state index contributed by atoms with van der Waals surface area (Å²) in [4.78, 5) is 21.6. The molecule has 0 amide bonds. The standard InChI is InChI=1S/C12H8ClNO5/c13-7-1-2-8(9(5-7)14(17)18)11-3-4-12(19-11)10(16)6-15/h1-5,15H,6H2. The molecule has 0 aliphatic rings. The first-order valence-electron chi connectivity index (χ1n) is 5.21. The molecule has 1 aromatic carbocycles. The van der Waals surface area contributed by atoms with Crippen LogP contribution in [0.5, 0.6) is 0 Å². The number of furan rings is 1. The molecule has 0 unspecified atom stereocenters. The van der Waals surface area contributed by atoms with E-state index >= 15 is 0 Å². The minimum Gasteiger partial charge on any atom is -0.453 e. The molecule has 0 spiro atoms. The molecule has 0 radical (unpaired) electrons. The van der Waals surface area contributed by atoms with Crippen molar-refractivity contribution in [3.63, 3.8) is 0 Å². The van der Waals surface area contributed by atoms with E-state index in [1.165, 1.54) is 30.3 Å². The number of aliphatic hydroxyl groups excluding tert-OH is 1. The number of benzene rings is 1. The van der Waals surface area contributed by atoms with Crippen LogP contribution >= 0.6 is 11.6 Å². The number of ketones is 1. The van der Waals surface area contributed by atoms with Crippen molar-refractivity contribution >= 4 is 23.1 Å². The Morgan fingerprint density at radius 1 is 1.37 bits per heavy atom. The molecule has 98 valence electrons. The van der Waals surface area contributed by atoms with Crippen LogP contribution in [-0.4, -0.2) is 22.4 Å². The molecule has 1 heterocycles. The fraction of sp³-hybridized carbons (Fsp3) is 0.0833.